The van der Waals surface area contributed by atoms with E-state index in [0.717, 1.165) is 25.8 Å². The predicted octanol–water partition coefficient (Wildman–Crippen LogP) is 1.63. The van der Waals surface area contributed by atoms with Crippen LogP contribution < -0.4 is 10.0 Å². The van der Waals surface area contributed by atoms with E-state index >= 15 is 0 Å². The van der Waals surface area contributed by atoms with Gasteiger partial charge in [0.1, 0.15) is 5.76 Å². The molecule has 1 aromatic heterocycles. The van der Waals surface area contributed by atoms with Gasteiger partial charge >= 0.3 is 0 Å². The molecule has 2 heterocycles. The molecule has 0 saturated carbocycles. The van der Waals surface area contributed by atoms with Crippen molar-refractivity contribution in [3.05, 3.63) is 17.9 Å². The van der Waals surface area contributed by atoms with Crippen LogP contribution in [0.5, 0.6) is 0 Å². The summed E-state index contributed by atoms with van der Waals surface area (Å²) in [7, 11) is -3.65. The first kappa shape index (κ1) is 16.5. The van der Waals surface area contributed by atoms with Crippen molar-refractivity contribution in [2.24, 2.45) is 0 Å². The molecule has 7 heteroatoms. The van der Waals surface area contributed by atoms with Gasteiger partial charge in [-0.15, -0.1) is 0 Å². The lowest BCUT2D eigenvalue weighted by molar-refractivity contribution is 0.0385. The van der Waals surface area contributed by atoms with Crippen LogP contribution in [0.2, 0.25) is 0 Å². The number of furan rings is 1. The summed E-state index contributed by atoms with van der Waals surface area (Å²) in [6, 6.07) is 3.19. The minimum Gasteiger partial charge on any atom is -0.447 e. The first-order chi connectivity index (χ1) is 9.95. The van der Waals surface area contributed by atoms with Crippen molar-refractivity contribution in [2.45, 2.75) is 50.3 Å². The summed E-state index contributed by atoms with van der Waals surface area (Å²) in [6.07, 6.45) is 2.63. The Bertz CT molecular complexity index is 547. The standard InChI is InChI=1S/C14H24N2O4S/c1-3-8-15-10-12-5-6-13(20-12)21(17,18)16-14(2)7-4-9-19-11-14/h5-6,15-16H,3-4,7-11H2,1-2H3. The van der Waals surface area contributed by atoms with Gasteiger partial charge in [-0.1, -0.05) is 6.92 Å². The van der Waals surface area contributed by atoms with Gasteiger partial charge in [-0.05, 0) is 44.9 Å². The molecule has 1 aromatic rings. The molecule has 0 amide bonds. The van der Waals surface area contributed by atoms with E-state index < -0.39 is 15.6 Å². The van der Waals surface area contributed by atoms with Crippen molar-refractivity contribution in [3.63, 3.8) is 0 Å². The second-order valence-electron chi connectivity index (χ2n) is 5.72. The third kappa shape index (κ3) is 4.54. The van der Waals surface area contributed by atoms with Gasteiger partial charge in [0, 0.05) is 6.61 Å². The first-order valence-electron chi connectivity index (χ1n) is 7.36. The third-order valence-electron chi connectivity index (χ3n) is 3.45. The molecule has 1 unspecified atom stereocenters. The van der Waals surface area contributed by atoms with Crippen molar-refractivity contribution in [1.82, 2.24) is 10.0 Å². The maximum Gasteiger partial charge on any atom is 0.274 e. The normalized spacial score (nSPS) is 23.3. The lowest BCUT2D eigenvalue weighted by Gasteiger charge is -2.33. The van der Waals surface area contributed by atoms with E-state index in [4.69, 9.17) is 9.15 Å². The van der Waals surface area contributed by atoms with E-state index in [0.29, 0.717) is 25.5 Å². The Morgan fingerprint density at radius 2 is 2.19 bits per heavy atom. The number of hydrogen-bond donors (Lipinski definition) is 2. The van der Waals surface area contributed by atoms with Crippen molar-refractivity contribution in [2.75, 3.05) is 19.8 Å². The van der Waals surface area contributed by atoms with E-state index in [9.17, 15) is 8.42 Å². The van der Waals surface area contributed by atoms with Crippen LogP contribution in [-0.2, 0) is 21.3 Å². The van der Waals surface area contributed by atoms with Crippen molar-refractivity contribution < 1.29 is 17.6 Å². The monoisotopic (exact) mass is 316 g/mol. The summed E-state index contributed by atoms with van der Waals surface area (Å²) in [6.45, 7) is 6.40. The minimum absolute atomic E-state index is 0.0393. The third-order valence-corrected chi connectivity index (χ3v) is 4.96. The van der Waals surface area contributed by atoms with Gasteiger partial charge in [0.2, 0.25) is 5.09 Å². The van der Waals surface area contributed by atoms with Crippen LogP contribution in [0.15, 0.2) is 21.6 Å². The summed E-state index contributed by atoms with van der Waals surface area (Å²) in [5, 5.41) is 3.14. The van der Waals surface area contributed by atoms with Crippen LogP contribution in [0.25, 0.3) is 0 Å². The number of rotatable bonds is 7. The maximum absolute atomic E-state index is 12.4. The predicted molar refractivity (Wildman–Crippen MR) is 79.5 cm³/mol. The van der Waals surface area contributed by atoms with Gasteiger partial charge in [0.25, 0.3) is 10.0 Å². The molecule has 0 spiro atoms. The van der Waals surface area contributed by atoms with Crippen molar-refractivity contribution in [3.8, 4) is 0 Å². The molecule has 1 aliphatic rings. The summed E-state index contributed by atoms with van der Waals surface area (Å²) < 4.78 is 38.2. The molecule has 1 aliphatic heterocycles. The van der Waals surface area contributed by atoms with Gasteiger partial charge in [0.05, 0.1) is 18.7 Å². The Morgan fingerprint density at radius 1 is 1.38 bits per heavy atom. The molecule has 6 nitrogen and oxygen atoms in total. The zero-order valence-corrected chi connectivity index (χ0v) is 13.5. The van der Waals surface area contributed by atoms with E-state index in [1.165, 1.54) is 6.07 Å². The molecule has 120 valence electrons. The van der Waals surface area contributed by atoms with E-state index in [-0.39, 0.29) is 5.09 Å². The van der Waals surface area contributed by atoms with Crippen LogP contribution in [-0.4, -0.2) is 33.7 Å². The quantitative estimate of drug-likeness (QED) is 0.747. The summed E-state index contributed by atoms with van der Waals surface area (Å²) in [4.78, 5) is 0. The molecule has 1 saturated heterocycles. The second kappa shape index (κ2) is 6.91. The molecule has 2 rings (SSSR count). The van der Waals surface area contributed by atoms with Crippen LogP contribution >= 0.6 is 0 Å². The number of hydrogen-bond acceptors (Lipinski definition) is 5. The Labute approximate surface area is 126 Å². The van der Waals surface area contributed by atoms with Crippen molar-refractivity contribution >= 4 is 10.0 Å². The van der Waals surface area contributed by atoms with E-state index in [1.807, 2.05) is 6.92 Å². The Kier molecular flexibility index (Phi) is 5.43. The average molecular weight is 316 g/mol. The minimum atomic E-state index is -3.65. The molecule has 0 aromatic carbocycles. The lowest BCUT2D eigenvalue weighted by atomic mass is 9.97. The van der Waals surface area contributed by atoms with Gasteiger partial charge in [-0.2, -0.15) is 0 Å². The highest BCUT2D eigenvalue weighted by molar-refractivity contribution is 7.89. The zero-order chi connectivity index (χ0) is 15.3. The summed E-state index contributed by atoms with van der Waals surface area (Å²) in [5.74, 6) is 0.619. The Morgan fingerprint density at radius 3 is 2.86 bits per heavy atom. The highest BCUT2D eigenvalue weighted by atomic mass is 32.2. The number of sulfonamides is 1. The summed E-state index contributed by atoms with van der Waals surface area (Å²) in [5.41, 5.74) is -0.565. The van der Waals surface area contributed by atoms with Crippen LogP contribution in [0, 0.1) is 0 Å². The highest BCUT2D eigenvalue weighted by Crippen LogP contribution is 2.22. The Balaban J connectivity index is 2.02. The number of ether oxygens (including phenoxy) is 1. The molecule has 0 radical (unpaired) electrons. The lowest BCUT2D eigenvalue weighted by Crippen LogP contribution is -2.51. The highest BCUT2D eigenvalue weighted by Gasteiger charge is 2.34. The molecular formula is C14H24N2O4S. The fourth-order valence-electron chi connectivity index (χ4n) is 2.38. The fraction of sp³-hybridized carbons (Fsp3) is 0.714. The van der Waals surface area contributed by atoms with Gasteiger partial charge < -0.3 is 14.5 Å². The number of nitrogens with one attached hydrogen (secondary N) is 2. The van der Waals surface area contributed by atoms with Gasteiger partial charge in [-0.25, -0.2) is 13.1 Å². The first-order valence-corrected chi connectivity index (χ1v) is 8.85. The zero-order valence-electron chi connectivity index (χ0n) is 12.6. The van der Waals surface area contributed by atoms with Crippen LogP contribution in [0.1, 0.15) is 38.9 Å². The molecule has 0 bridgehead atoms. The topological polar surface area (TPSA) is 80.6 Å². The van der Waals surface area contributed by atoms with Crippen LogP contribution in [0.4, 0.5) is 0 Å². The van der Waals surface area contributed by atoms with Gasteiger partial charge in [0.15, 0.2) is 0 Å². The largest absolute Gasteiger partial charge is 0.447 e. The van der Waals surface area contributed by atoms with Crippen LogP contribution in [0.3, 0.4) is 0 Å². The Hall–Kier alpha value is -0.890. The second-order valence-corrected chi connectivity index (χ2v) is 7.33. The average Bonchev–Trinajstić information content (AvgIpc) is 2.88. The van der Waals surface area contributed by atoms with E-state index in [2.05, 4.69) is 17.0 Å². The summed E-state index contributed by atoms with van der Waals surface area (Å²) >= 11 is 0. The van der Waals surface area contributed by atoms with Gasteiger partial charge in [-0.3, -0.25) is 0 Å². The molecule has 2 N–H and O–H groups in total. The smallest absolute Gasteiger partial charge is 0.274 e. The molecule has 1 atom stereocenters. The maximum atomic E-state index is 12.4. The molecule has 21 heavy (non-hydrogen) atoms. The molecule has 0 aliphatic carbocycles. The fourth-order valence-corrected chi connectivity index (χ4v) is 3.75. The molecular weight excluding hydrogens is 292 g/mol. The molecule has 1 fully saturated rings. The van der Waals surface area contributed by atoms with Crippen molar-refractivity contribution in [1.29, 1.82) is 0 Å². The SMILES string of the molecule is CCCNCc1ccc(S(=O)(=O)NC2(C)CCCOC2)o1. The van der Waals surface area contributed by atoms with E-state index in [1.54, 1.807) is 6.07 Å².